The van der Waals surface area contributed by atoms with Crippen LogP contribution in [0.25, 0.3) is 5.70 Å². The van der Waals surface area contributed by atoms with Gasteiger partial charge in [-0.25, -0.2) is 4.79 Å². The molecule has 0 unspecified atom stereocenters. The van der Waals surface area contributed by atoms with Gasteiger partial charge in [-0.3, -0.25) is 0 Å². The summed E-state index contributed by atoms with van der Waals surface area (Å²) in [7, 11) is 1.59. The molecule has 1 aromatic carbocycles. The molecule has 0 atom stereocenters. The summed E-state index contributed by atoms with van der Waals surface area (Å²) >= 11 is 0. The zero-order valence-electron chi connectivity index (χ0n) is 11.2. The molecular formula is C14H19NO3. The molecule has 4 heteroatoms. The lowest BCUT2D eigenvalue weighted by Crippen LogP contribution is -2.23. The summed E-state index contributed by atoms with van der Waals surface area (Å²) in [5, 5.41) is 0. The fourth-order valence-electron chi connectivity index (χ4n) is 1.33. The molecule has 4 nitrogen and oxygen atoms in total. The first-order valence-corrected chi connectivity index (χ1v) is 5.66. The number of benzene rings is 1. The van der Waals surface area contributed by atoms with E-state index in [0.29, 0.717) is 5.70 Å². The number of esters is 1. The second-order valence-electron chi connectivity index (χ2n) is 4.86. The van der Waals surface area contributed by atoms with E-state index in [-0.39, 0.29) is 0 Å². The molecule has 0 aliphatic heterocycles. The van der Waals surface area contributed by atoms with Crippen molar-refractivity contribution in [3.8, 4) is 5.75 Å². The molecule has 0 aromatic heterocycles. The van der Waals surface area contributed by atoms with Crippen LogP contribution in [-0.4, -0.2) is 18.7 Å². The van der Waals surface area contributed by atoms with Gasteiger partial charge in [0, 0.05) is 11.8 Å². The quantitative estimate of drug-likeness (QED) is 0.659. The number of rotatable bonds is 3. The maximum absolute atomic E-state index is 11.6. The maximum atomic E-state index is 11.6. The Morgan fingerprint density at radius 2 is 1.78 bits per heavy atom. The Hall–Kier alpha value is -1.97. The summed E-state index contributed by atoms with van der Waals surface area (Å²) in [4.78, 5) is 11.6. The van der Waals surface area contributed by atoms with E-state index in [4.69, 9.17) is 15.2 Å². The second kappa shape index (κ2) is 5.58. The lowest BCUT2D eigenvalue weighted by Gasteiger charge is -2.18. The van der Waals surface area contributed by atoms with Gasteiger partial charge in [0.25, 0.3) is 0 Å². The Kier molecular flexibility index (Phi) is 4.37. The van der Waals surface area contributed by atoms with Crippen LogP contribution in [0.2, 0.25) is 0 Å². The van der Waals surface area contributed by atoms with E-state index in [9.17, 15) is 4.79 Å². The Balaban J connectivity index is 2.79. The van der Waals surface area contributed by atoms with Crippen molar-refractivity contribution in [3.63, 3.8) is 0 Å². The van der Waals surface area contributed by atoms with E-state index in [1.807, 2.05) is 20.8 Å². The lowest BCUT2D eigenvalue weighted by atomic mass is 10.1. The van der Waals surface area contributed by atoms with Crippen LogP contribution in [0.3, 0.4) is 0 Å². The number of hydrogen-bond acceptors (Lipinski definition) is 4. The predicted molar refractivity (Wildman–Crippen MR) is 71.0 cm³/mol. The average Bonchev–Trinajstić information content (AvgIpc) is 2.26. The van der Waals surface area contributed by atoms with Crippen LogP contribution in [-0.2, 0) is 9.53 Å². The predicted octanol–water partition coefficient (Wildman–Crippen LogP) is 2.34. The van der Waals surface area contributed by atoms with Crippen molar-refractivity contribution < 1.29 is 14.3 Å². The Morgan fingerprint density at radius 1 is 1.22 bits per heavy atom. The molecule has 0 aliphatic rings. The highest BCUT2D eigenvalue weighted by Gasteiger charge is 2.14. The Morgan fingerprint density at radius 3 is 2.22 bits per heavy atom. The highest BCUT2D eigenvalue weighted by molar-refractivity contribution is 5.90. The molecule has 1 aromatic rings. The van der Waals surface area contributed by atoms with Gasteiger partial charge in [0.1, 0.15) is 11.4 Å². The first-order chi connectivity index (χ1) is 8.31. The Bertz CT molecular complexity index is 441. The smallest absolute Gasteiger partial charge is 0.333 e. The minimum atomic E-state index is -0.520. The third-order valence-electron chi connectivity index (χ3n) is 2.10. The molecule has 0 aliphatic carbocycles. The number of methoxy groups -OCH3 is 1. The van der Waals surface area contributed by atoms with Crippen molar-refractivity contribution in [2.24, 2.45) is 5.73 Å². The van der Waals surface area contributed by atoms with Gasteiger partial charge in [-0.1, -0.05) is 0 Å². The molecule has 1 rings (SSSR count). The molecule has 0 spiro atoms. The number of carbonyl (C=O) groups excluding carboxylic acids is 1. The van der Waals surface area contributed by atoms with Crippen LogP contribution in [0.4, 0.5) is 0 Å². The minimum Gasteiger partial charge on any atom is -0.497 e. The van der Waals surface area contributed by atoms with Crippen LogP contribution in [0, 0.1) is 0 Å². The minimum absolute atomic E-state index is 0.368. The van der Waals surface area contributed by atoms with Crippen molar-refractivity contribution in [2.45, 2.75) is 26.4 Å². The van der Waals surface area contributed by atoms with Crippen molar-refractivity contribution in [2.75, 3.05) is 7.11 Å². The van der Waals surface area contributed by atoms with Crippen LogP contribution < -0.4 is 10.5 Å². The molecule has 98 valence electrons. The van der Waals surface area contributed by atoms with Crippen molar-refractivity contribution in [1.29, 1.82) is 0 Å². The molecule has 0 amide bonds. The van der Waals surface area contributed by atoms with Crippen molar-refractivity contribution in [3.05, 3.63) is 35.9 Å². The topological polar surface area (TPSA) is 61.5 Å². The molecule has 0 saturated carbocycles. The summed E-state index contributed by atoms with van der Waals surface area (Å²) in [6.45, 7) is 5.42. The van der Waals surface area contributed by atoms with E-state index in [1.165, 1.54) is 6.08 Å². The van der Waals surface area contributed by atoms with E-state index in [2.05, 4.69) is 0 Å². The normalized spacial score (nSPS) is 12.1. The van der Waals surface area contributed by atoms with E-state index >= 15 is 0 Å². The second-order valence-corrected chi connectivity index (χ2v) is 4.86. The third-order valence-corrected chi connectivity index (χ3v) is 2.10. The number of nitrogens with two attached hydrogens (primary N) is 1. The average molecular weight is 249 g/mol. The van der Waals surface area contributed by atoms with Crippen molar-refractivity contribution in [1.82, 2.24) is 0 Å². The summed E-state index contributed by atoms with van der Waals surface area (Å²) in [6.07, 6.45) is 1.28. The zero-order chi connectivity index (χ0) is 13.8. The number of hydrogen-bond donors (Lipinski definition) is 1. The summed E-state index contributed by atoms with van der Waals surface area (Å²) < 4.78 is 10.2. The SMILES string of the molecule is COc1ccc(/C(N)=C\C(=O)OC(C)(C)C)cc1. The van der Waals surface area contributed by atoms with Gasteiger partial charge in [-0.05, 0) is 50.6 Å². The molecular weight excluding hydrogens is 230 g/mol. The first kappa shape index (κ1) is 14.1. The lowest BCUT2D eigenvalue weighted by molar-refractivity contribution is -0.148. The van der Waals surface area contributed by atoms with E-state index < -0.39 is 11.6 Å². The summed E-state index contributed by atoms with van der Waals surface area (Å²) in [5.74, 6) is 0.291. The van der Waals surface area contributed by atoms with Crippen LogP contribution >= 0.6 is 0 Å². The molecule has 2 N–H and O–H groups in total. The maximum Gasteiger partial charge on any atom is 0.333 e. The van der Waals surface area contributed by atoms with Gasteiger partial charge in [-0.15, -0.1) is 0 Å². The van der Waals surface area contributed by atoms with Gasteiger partial charge < -0.3 is 15.2 Å². The molecule has 0 radical (unpaired) electrons. The fraction of sp³-hybridized carbons (Fsp3) is 0.357. The van der Waals surface area contributed by atoms with Crippen LogP contribution in [0.1, 0.15) is 26.3 Å². The van der Waals surface area contributed by atoms with Gasteiger partial charge in [0.15, 0.2) is 0 Å². The Labute approximate surface area is 107 Å². The van der Waals surface area contributed by atoms with Gasteiger partial charge in [0.05, 0.1) is 7.11 Å². The highest BCUT2D eigenvalue weighted by atomic mass is 16.6. The van der Waals surface area contributed by atoms with E-state index in [0.717, 1.165) is 11.3 Å². The summed E-state index contributed by atoms with van der Waals surface area (Å²) in [6, 6.07) is 7.14. The van der Waals surface area contributed by atoms with Gasteiger partial charge in [-0.2, -0.15) is 0 Å². The van der Waals surface area contributed by atoms with Gasteiger partial charge in [0.2, 0.25) is 0 Å². The largest absolute Gasteiger partial charge is 0.497 e. The monoisotopic (exact) mass is 249 g/mol. The number of ether oxygens (including phenoxy) is 2. The summed E-state index contributed by atoms with van der Waals surface area (Å²) in [5.41, 5.74) is 6.42. The highest BCUT2D eigenvalue weighted by Crippen LogP contribution is 2.16. The zero-order valence-corrected chi connectivity index (χ0v) is 11.2. The fourth-order valence-corrected chi connectivity index (χ4v) is 1.33. The van der Waals surface area contributed by atoms with E-state index in [1.54, 1.807) is 31.4 Å². The molecule has 0 saturated heterocycles. The molecule has 0 heterocycles. The number of carbonyl (C=O) groups is 1. The molecule has 18 heavy (non-hydrogen) atoms. The van der Waals surface area contributed by atoms with Crippen molar-refractivity contribution >= 4 is 11.7 Å². The molecule has 0 bridgehead atoms. The van der Waals surface area contributed by atoms with Crippen LogP contribution in [0.5, 0.6) is 5.75 Å². The van der Waals surface area contributed by atoms with Crippen LogP contribution in [0.15, 0.2) is 30.3 Å². The van der Waals surface area contributed by atoms with Gasteiger partial charge >= 0.3 is 5.97 Å². The third kappa shape index (κ3) is 4.49. The first-order valence-electron chi connectivity index (χ1n) is 5.66. The standard InChI is InChI=1S/C14H19NO3/c1-14(2,3)18-13(16)9-12(15)10-5-7-11(17-4)8-6-10/h5-9H,15H2,1-4H3/b12-9+. The molecule has 0 fully saturated rings.